The van der Waals surface area contributed by atoms with E-state index in [-0.39, 0.29) is 13.2 Å². The second kappa shape index (κ2) is 7.68. The van der Waals surface area contributed by atoms with Gasteiger partial charge in [0, 0.05) is 14.9 Å². The Morgan fingerprint density at radius 2 is 1.42 bits per heavy atom. The minimum absolute atomic E-state index is 0.0612. The summed E-state index contributed by atoms with van der Waals surface area (Å²) in [4.78, 5) is 1.03. The van der Waals surface area contributed by atoms with Gasteiger partial charge in [-0.15, -0.1) is 11.3 Å². The lowest BCUT2D eigenvalue weighted by molar-refractivity contribution is -0.00419. The van der Waals surface area contributed by atoms with E-state index < -0.39 is 5.60 Å². The zero-order chi connectivity index (χ0) is 17.0. The van der Waals surface area contributed by atoms with Gasteiger partial charge >= 0.3 is 0 Å². The van der Waals surface area contributed by atoms with Gasteiger partial charge in [-0.2, -0.15) is 0 Å². The van der Waals surface area contributed by atoms with Gasteiger partial charge in [0.25, 0.3) is 0 Å². The predicted molar refractivity (Wildman–Crippen MR) is 100 cm³/mol. The standard InChI is InChI=1S/C19H16Cl2O2S/c20-16-7-3-14(4-8-16)19(23-12-11-22,18-2-1-13-24-18)15-5-9-17(21)10-6-15/h1-10,13,22H,11-12H2. The molecule has 0 fully saturated rings. The third kappa shape index (κ3) is 3.37. The first-order valence-electron chi connectivity index (χ1n) is 7.47. The fourth-order valence-electron chi connectivity index (χ4n) is 2.74. The summed E-state index contributed by atoms with van der Waals surface area (Å²) in [5, 5.41) is 12.7. The highest BCUT2D eigenvalue weighted by molar-refractivity contribution is 7.10. The molecule has 0 amide bonds. The topological polar surface area (TPSA) is 29.5 Å². The maximum Gasteiger partial charge on any atom is 0.152 e. The number of ether oxygens (including phenoxy) is 1. The van der Waals surface area contributed by atoms with E-state index in [1.165, 1.54) is 0 Å². The molecule has 3 rings (SSSR count). The van der Waals surface area contributed by atoms with Gasteiger partial charge < -0.3 is 9.84 Å². The first-order chi connectivity index (χ1) is 11.7. The van der Waals surface area contributed by atoms with Gasteiger partial charge in [-0.3, -0.25) is 0 Å². The Labute approximate surface area is 155 Å². The van der Waals surface area contributed by atoms with E-state index in [1.54, 1.807) is 11.3 Å². The van der Waals surface area contributed by atoms with Crippen LogP contribution in [0.3, 0.4) is 0 Å². The summed E-state index contributed by atoms with van der Waals surface area (Å²) < 4.78 is 6.25. The van der Waals surface area contributed by atoms with Crippen LogP contribution in [0.25, 0.3) is 0 Å². The van der Waals surface area contributed by atoms with Crippen molar-refractivity contribution in [1.82, 2.24) is 0 Å². The molecule has 0 atom stereocenters. The Hall–Kier alpha value is -1.36. The molecule has 0 aliphatic rings. The van der Waals surface area contributed by atoms with Crippen molar-refractivity contribution in [1.29, 1.82) is 0 Å². The summed E-state index contributed by atoms with van der Waals surface area (Å²) in [6.07, 6.45) is 0. The quantitative estimate of drug-likeness (QED) is 0.625. The second-order valence-electron chi connectivity index (χ2n) is 5.24. The average Bonchev–Trinajstić information content (AvgIpc) is 3.13. The second-order valence-corrected chi connectivity index (χ2v) is 7.06. The third-order valence-electron chi connectivity index (χ3n) is 3.78. The smallest absolute Gasteiger partial charge is 0.152 e. The van der Waals surface area contributed by atoms with Crippen LogP contribution in [0.4, 0.5) is 0 Å². The van der Waals surface area contributed by atoms with Crippen molar-refractivity contribution in [3.8, 4) is 0 Å². The Bertz CT molecular complexity index is 723. The van der Waals surface area contributed by atoms with Crippen LogP contribution in [0.2, 0.25) is 10.0 Å². The molecule has 0 saturated carbocycles. The number of hydrogen-bond acceptors (Lipinski definition) is 3. The molecule has 1 aromatic heterocycles. The molecule has 0 aliphatic carbocycles. The maximum absolute atomic E-state index is 9.35. The van der Waals surface area contributed by atoms with E-state index >= 15 is 0 Å². The van der Waals surface area contributed by atoms with Crippen LogP contribution in [-0.2, 0) is 10.3 Å². The zero-order valence-corrected chi connectivity index (χ0v) is 15.1. The number of benzene rings is 2. The summed E-state index contributed by atoms with van der Waals surface area (Å²) >= 11 is 13.7. The molecule has 1 heterocycles. The first kappa shape index (κ1) is 17.5. The Morgan fingerprint density at radius 1 is 0.875 bits per heavy atom. The molecular formula is C19H16Cl2O2S. The molecule has 1 N–H and O–H groups in total. The largest absolute Gasteiger partial charge is 0.394 e. The summed E-state index contributed by atoms with van der Waals surface area (Å²) in [5.41, 5.74) is 1.08. The normalized spacial score (nSPS) is 11.6. The third-order valence-corrected chi connectivity index (χ3v) is 5.25. The molecule has 2 aromatic carbocycles. The van der Waals surface area contributed by atoms with Crippen molar-refractivity contribution in [2.45, 2.75) is 5.60 Å². The number of hydrogen-bond donors (Lipinski definition) is 1. The molecule has 24 heavy (non-hydrogen) atoms. The van der Waals surface area contributed by atoms with Crippen LogP contribution in [-0.4, -0.2) is 18.3 Å². The van der Waals surface area contributed by atoms with Gasteiger partial charge in [0.15, 0.2) is 5.60 Å². The van der Waals surface area contributed by atoms with Gasteiger partial charge in [0.2, 0.25) is 0 Å². The van der Waals surface area contributed by atoms with Crippen LogP contribution < -0.4 is 0 Å². The molecule has 2 nitrogen and oxygen atoms in total. The van der Waals surface area contributed by atoms with Crippen molar-refractivity contribution >= 4 is 34.5 Å². The van der Waals surface area contributed by atoms with Gasteiger partial charge in [-0.25, -0.2) is 0 Å². The number of aliphatic hydroxyl groups is 1. The van der Waals surface area contributed by atoms with Gasteiger partial charge in [0.1, 0.15) is 0 Å². The highest BCUT2D eigenvalue weighted by atomic mass is 35.5. The summed E-state index contributed by atoms with van der Waals surface area (Å²) in [6, 6.07) is 19.2. The lowest BCUT2D eigenvalue weighted by Crippen LogP contribution is -2.33. The van der Waals surface area contributed by atoms with Crippen LogP contribution in [0, 0.1) is 0 Å². The SMILES string of the molecule is OCCOC(c1ccc(Cl)cc1)(c1ccc(Cl)cc1)c1cccs1. The summed E-state index contributed by atoms with van der Waals surface area (Å²) in [7, 11) is 0. The Morgan fingerprint density at radius 3 is 1.83 bits per heavy atom. The van der Waals surface area contributed by atoms with E-state index in [2.05, 4.69) is 0 Å². The fraction of sp³-hybridized carbons (Fsp3) is 0.158. The molecule has 0 spiro atoms. The maximum atomic E-state index is 9.35. The molecule has 5 heteroatoms. The number of rotatable bonds is 6. The lowest BCUT2D eigenvalue weighted by atomic mass is 9.84. The van der Waals surface area contributed by atoms with Crippen LogP contribution in [0.1, 0.15) is 16.0 Å². The van der Waals surface area contributed by atoms with Crippen molar-refractivity contribution in [3.05, 3.63) is 92.1 Å². The van der Waals surface area contributed by atoms with Crippen molar-refractivity contribution in [2.75, 3.05) is 13.2 Å². The van der Waals surface area contributed by atoms with Crippen LogP contribution in [0.15, 0.2) is 66.0 Å². The lowest BCUT2D eigenvalue weighted by Gasteiger charge is -2.34. The molecule has 0 unspecified atom stereocenters. The molecule has 0 saturated heterocycles. The average molecular weight is 379 g/mol. The first-order valence-corrected chi connectivity index (χ1v) is 9.11. The van der Waals surface area contributed by atoms with E-state index in [0.29, 0.717) is 10.0 Å². The highest BCUT2D eigenvalue weighted by Crippen LogP contribution is 2.43. The number of thiophene rings is 1. The minimum atomic E-state index is -0.813. The minimum Gasteiger partial charge on any atom is -0.394 e. The monoisotopic (exact) mass is 378 g/mol. The zero-order valence-electron chi connectivity index (χ0n) is 12.8. The van der Waals surface area contributed by atoms with Gasteiger partial charge in [0.05, 0.1) is 13.2 Å². The number of halogens is 2. The van der Waals surface area contributed by atoms with Gasteiger partial charge in [-0.05, 0) is 46.8 Å². The van der Waals surface area contributed by atoms with E-state index in [4.69, 9.17) is 27.9 Å². The molecule has 3 aromatic rings. The summed E-state index contributed by atoms with van der Waals surface area (Å²) in [5.74, 6) is 0. The Kier molecular flexibility index (Phi) is 5.59. The molecular weight excluding hydrogens is 363 g/mol. The van der Waals surface area contributed by atoms with Gasteiger partial charge in [-0.1, -0.05) is 53.5 Å². The molecule has 0 bridgehead atoms. The molecule has 124 valence electrons. The summed E-state index contributed by atoms with van der Waals surface area (Å²) in [6.45, 7) is 0.150. The van der Waals surface area contributed by atoms with Crippen molar-refractivity contribution < 1.29 is 9.84 Å². The van der Waals surface area contributed by atoms with Crippen molar-refractivity contribution in [3.63, 3.8) is 0 Å². The van der Waals surface area contributed by atoms with Crippen molar-refractivity contribution in [2.24, 2.45) is 0 Å². The van der Waals surface area contributed by atoms with Crippen LogP contribution >= 0.6 is 34.5 Å². The van der Waals surface area contributed by atoms with E-state index in [9.17, 15) is 5.11 Å². The molecule has 0 radical (unpaired) electrons. The van der Waals surface area contributed by atoms with Crippen LogP contribution in [0.5, 0.6) is 0 Å². The Balaban J connectivity index is 2.23. The van der Waals surface area contributed by atoms with E-state index in [1.807, 2.05) is 66.0 Å². The highest BCUT2D eigenvalue weighted by Gasteiger charge is 2.38. The fourth-order valence-corrected chi connectivity index (χ4v) is 3.91. The predicted octanol–water partition coefficient (Wildman–Crippen LogP) is 5.36. The molecule has 0 aliphatic heterocycles. The van der Waals surface area contributed by atoms with E-state index in [0.717, 1.165) is 16.0 Å². The number of aliphatic hydroxyl groups excluding tert-OH is 1.